The average Bonchev–Trinajstić information content (AvgIpc) is 3.20. The molecule has 3 aromatic rings. The van der Waals surface area contributed by atoms with Crippen molar-refractivity contribution in [2.75, 3.05) is 11.9 Å². The number of alkyl halides is 2. The maximum absolute atomic E-state index is 13.3. The number of furan rings is 1. The van der Waals surface area contributed by atoms with Crippen LogP contribution >= 0.6 is 0 Å². The molecule has 0 bridgehead atoms. The van der Waals surface area contributed by atoms with E-state index in [0.717, 1.165) is 5.69 Å². The molecule has 0 radical (unpaired) electrons. The van der Waals surface area contributed by atoms with Gasteiger partial charge in [0.1, 0.15) is 17.7 Å². The van der Waals surface area contributed by atoms with Crippen molar-refractivity contribution < 1.29 is 22.7 Å². The topological polar surface area (TPSA) is 45.9 Å². The predicted octanol–water partition coefficient (Wildman–Crippen LogP) is 4.67. The van der Waals surface area contributed by atoms with Crippen LogP contribution in [0, 0.1) is 0 Å². The van der Waals surface area contributed by atoms with Crippen LogP contribution in [0.2, 0.25) is 0 Å². The van der Waals surface area contributed by atoms with Crippen LogP contribution in [-0.2, 0) is 6.54 Å². The van der Waals surface area contributed by atoms with E-state index in [1.807, 2.05) is 24.1 Å². The smallest absolute Gasteiger partial charge is 0.387 e. The highest BCUT2D eigenvalue weighted by Crippen LogP contribution is 2.41. The Bertz CT molecular complexity index is 975. The first-order chi connectivity index (χ1) is 13.6. The van der Waals surface area contributed by atoms with E-state index in [-0.39, 0.29) is 18.2 Å². The molecule has 1 amide bonds. The molecule has 0 saturated heterocycles. The van der Waals surface area contributed by atoms with Gasteiger partial charge in [-0.1, -0.05) is 30.3 Å². The van der Waals surface area contributed by atoms with Crippen molar-refractivity contribution in [3.05, 3.63) is 83.8 Å². The zero-order valence-electron chi connectivity index (χ0n) is 15.1. The molecule has 1 aliphatic rings. The number of amides is 1. The number of para-hydroxylation sites is 2. The van der Waals surface area contributed by atoms with Crippen molar-refractivity contribution in [2.24, 2.45) is 0 Å². The van der Waals surface area contributed by atoms with Crippen molar-refractivity contribution in [1.29, 1.82) is 0 Å². The van der Waals surface area contributed by atoms with Crippen LogP contribution < -0.4 is 9.64 Å². The molecule has 0 N–H and O–H groups in total. The Hall–Kier alpha value is -3.35. The quantitative estimate of drug-likeness (QED) is 0.641. The van der Waals surface area contributed by atoms with Crippen LogP contribution in [0.15, 0.2) is 71.3 Å². The summed E-state index contributed by atoms with van der Waals surface area (Å²) in [5, 5.41) is 0. The van der Waals surface area contributed by atoms with E-state index in [1.165, 1.54) is 12.3 Å². The first-order valence-corrected chi connectivity index (χ1v) is 8.75. The summed E-state index contributed by atoms with van der Waals surface area (Å²) in [6, 6.07) is 17.3. The molecule has 1 unspecified atom stereocenters. The van der Waals surface area contributed by atoms with Crippen LogP contribution in [0.5, 0.6) is 5.75 Å². The van der Waals surface area contributed by atoms with E-state index in [1.54, 1.807) is 47.4 Å². The van der Waals surface area contributed by atoms with Crippen LogP contribution in [0.25, 0.3) is 0 Å². The van der Waals surface area contributed by atoms with E-state index >= 15 is 0 Å². The Balaban J connectivity index is 1.84. The highest BCUT2D eigenvalue weighted by Gasteiger charge is 2.38. The first kappa shape index (κ1) is 18.0. The van der Waals surface area contributed by atoms with E-state index in [9.17, 15) is 13.6 Å². The second-order valence-corrected chi connectivity index (χ2v) is 6.43. The summed E-state index contributed by atoms with van der Waals surface area (Å²) in [4.78, 5) is 16.7. The molecule has 2 heterocycles. The van der Waals surface area contributed by atoms with Gasteiger partial charge in [0.25, 0.3) is 5.91 Å². The molecule has 4 rings (SSSR count). The first-order valence-electron chi connectivity index (χ1n) is 8.75. The summed E-state index contributed by atoms with van der Waals surface area (Å²) < 4.78 is 36.1. The van der Waals surface area contributed by atoms with E-state index in [2.05, 4.69) is 0 Å². The monoisotopic (exact) mass is 384 g/mol. The van der Waals surface area contributed by atoms with E-state index in [4.69, 9.17) is 9.15 Å². The Labute approximate surface area is 160 Å². The third kappa shape index (κ3) is 3.19. The predicted molar refractivity (Wildman–Crippen MR) is 99.2 cm³/mol. The molecule has 0 spiro atoms. The molecule has 0 fully saturated rings. The van der Waals surface area contributed by atoms with Crippen molar-refractivity contribution in [3.63, 3.8) is 0 Å². The normalized spacial score (nSPS) is 16.4. The molecule has 1 aliphatic heterocycles. The molecule has 5 nitrogen and oxygen atoms in total. The van der Waals surface area contributed by atoms with Gasteiger partial charge >= 0.3 is 6.61 Å². The zero-order chi connectivity index (χ0) is 19.7. The SMILES string of the molecule is CN1c2ccccc2C(=O)N(Cc2ccco2)C1c1ccccc1OC(F)F. The minimum Gasteiger partial charge on any atom is -0.467 e. The molecule has 0 aliphatic carbocycles. The van der Waals surface area contributed by atoms with Gasteiger partial charge in [0.15, 0.2) is 0 Å². The lowest BCUT2D eigenvalue weighted by Crippen LogP contribution is -2.47. The molecule has 1 aromatic heterocycles. The molecular formula is C21H18F2N2O3. The Kier molecular flexibility index (Phi) is 4.73. The lowest BCUT2D eigenvalue weighted by Gasteiger charge is -2.44. The van der Waals surface area contributed by atoms with Crippen LogP contribution in [0.4, 0.5) is 14.5 Å². The summed E-state index contributed by atoms with van der Waals surface area (Å²) in [6.45, 7) is -2.77. The van der Waals surface area contributed by atoms with E-state index in [0.29, 0.717) is 16.9 Å². The van der Waals surface area contributed by atoms with E-state index < -0.39 is 12.8 Å². The Morgan fingerprint density at radius 1 is 1.07 bits per heavy atom. The number of ether oxygens (including phenoxy) is 1. The highest BCUT2D eigenvalue weighted by atomic mass is 19.3. The van der Waals surface area contributed by atoms with Crippen LogP contribution in [0.3, 0.4) is 0 Å². The molecule has 0 saturated carbocycles. The summed E-state index contributed by atoms with van der Waals surface area (Å²) in [5.41, 5.74) is 1.74. The van der Waals surface area contributed by atoms with Crippen molar-refractivity contribution in [3.8, 4) is 5.75 Å². The minimum absolute atomic E-state index is 0.0333. The Morgan fingerprint density at radius 3 is 2.57 bits per heavy atom. The lowest BCUT2D eigenvalue weighted by molar-refractivity contribution is -0.0511. The van der Waals surface area contributed by atoms with Gasteiger partial charge in [0, 0.05) is 12.6 Å². The van der Waals surface area contributed by atoms with Crippen LogP contribution in [0.1, 0.15) is 27.8 Å². The number of carbonyl (C=O) groups is 1. The van der Waals surface area contributed by atoms with Crippen LogP contribution in [-0.4, -0.2) is 24.5 Å². The standard InChI is InChI=1S/C21H18F2N2O3/c1-24-17-10-4-2-8-15(17)20(26)25(13-14-7-6-12-27-14)19(24)16-9-3-5-11-18(16)28-21(22)23/h2-12,19,21H,13H2,1H3. The fourth-order valence-electron chi connectivity index (χ4n) is 3.57. The molecule has 2 aromatic carbocycles. The number of nitrogens with zero attached hydrogens (tertiary/aromatic N) is 2. The van der Waals surface area contributed by atoms with Gasteiger partial charge in [0.05, 0.1) is 24.1 Å². The lowest BCUT2D eigenvalue weighted by atomic mass is 10.0. The summed E-state index contributed by atoms with van der Waals surface area (Å²) in [5.74, 6) is 0.423. The third-order valence-corrected chi connectivity index (χ3v) is 4.76. The van der Waals surface area contributed by atoms with Gasteiger partial charge in [-0.3, -0.25) is 4.79 Å². The summed E-state index contributed by atoms with van der Waals surface area (Å²) in [6.07, 6.45) is 0.895. The van der Waals surface area contributed by atoms with Crippen molar-refractivity contribution in [2.45, 2.75) is 19.3 Å². The maximum atomic E-state index is 13.3. The van der Waals surface area contributed by atoms with Gasteiger partial charge in [-0.15, -0.1) is 0 Å². The van der Waals surface area contributed by atoms with Gasteiger partial charge in [-0.2, -0.15) is 8.78 Å². The maximum Gasteiger partial charge on any atom is 0.387 e. The van der Waals surface area contributed by atoms with Gasteiger partial charge < -0.3 is 19.0 Å². The minimum atomic E-state index is -2.96. The third-order valence-electron chi connectivity index (χ3n) is 4.76. The zero-order valence-corrected chi connectivity index (χ0v) is 15.1. The summed E-state index contributed by atoms with van der Waals surface area (Å²) >= 11 is 0. The number of fused-ring (bicyclic) bond motifs is 1. The highest BCUT2D eigenvalue weighted by molar-refractivity contribution is 6.02. The number of hydrogen-bond acceptors (Lipinski definition) is 4. The Morgan fingerprint density at radius 2 is 1.82 bits per heavy atom. The number of halogens is 2. The fraction of sp³-hybridized carbons (Fsp3) is 0.190. The number of hydrogen-bond donors (Lipinski definition) is 0. The number of benzene rings is 2. The van der Waals surface area contributed by atoms with Crippen molar-refractivity contribution in [1.82, 2.24) is 4.90 Å². The second kappa shape index (κ2) is 7.34. The number of anilines is 1. The fourth-order valence-corrected chi connectivity index (χ4v) is 3.57. The number of rotatable bonds is 5. The number of carbonyl (C=O) groups excluding carboxylic acids is 1. The molecule has 28 heavy (non-hydrogen) atoms. The molecular weight excluding hydrogens is 366 g/mol. The molecule has 7 heteroatoms. The largest absolute Gasteiger partial charge is 0.467 e. The van der Waals surface area contributed by atoms with Crippen molar-refractivity contribution >= 4 is 11.6 Å². The molecule has 1 atom stereocenters. The van der Waals surface area contributed by atoms with Gasteiger partial charge in [-0.05, 0) is 30.3 Å². The van der Waals surface area contributed by atoms with Gasteiger partial charge in [-0.25, -0.2) is 0 Å². The van der Waals surface area contributed by atoms with Gasteiger partial charge in [0.2, 0.25) is 0 Å². The summed E-state index contributed by atoms with van der Waals surface area (Å²) in [7, 11) is 1.82. The molecule has 144 valence electrons. The average molecular weight is 384 g/mol. The second-order valence-electron chi connectivity index (χ2n) is 6.43.